The zero-order valence-corrected chi connectivity index (χ0v) is 12.7. The molecule has 1 atom stereocenters. The quantitative estimate of drug-likeness (QED) is 0.605. The Bertz CT molecular complexity index is 539. The molecule has 1 aliphatic rings. The molecule has 0 saturated carbocycles. The lowest BCUT2D eigenvalue weighted by atomic mass is 9.94. The first-order valence-corrected chi connectivity index (χ1v) is 7.45. The topological polar surface area (TPSA) is 85.2 Å². The maximum Gasteiger partial charge on any atom is 0.314 e. The van der Waals surface area contributed by atoms with Gasteiger partial charge in [-0.3, -0.25) is 14.3 Å². The van der Waals surface area contributed by atoms with Gasteiger partial charge in [0.1, 0.15) is 0 Å². The first-order chi connectivity index (χ1) is 10.7. The number of nitrogens with zero attached hydrogens (tertiary/aromatic N) is 2. The van der Waals surface area contributed by atoms with E-state index in [-0.39, 0.29) is 0 Å². The molecule has 120 valence electrons. The molecule has 0 unspecified atom stereocenters. The van der Waals surface area contributed by atoms with Crippen molar-refractivity contribution in [2.45, 2.75) is 25.8 Å². The molecule has 1 aliphatic carbocycles. The van der Waals surface area contributed by atoms with Crippen LogP contribution in [0.3, 0.4) is 0 Å². The molecular formula is C15H22N4O3. The smallest absolute Gasteiger partial charge is 0.314 e. The molecule has 0 bridgehead atoms. The average molecular weight is 306 g/mol. The van der Waals surface area contributed by atoms with Crippen LogP contribution in [0.4, 0.5) is 5.82 Å². The number of ether oxygens (including phenoxy) is 1. The fourth-order valence-corrected chi connectivity index (χ4v) is 2.27. The second kappa shape index (κ2) is 8.33. The van der Waals surface area contributed by atoms with E-state index in [0.29, 0.717) is 31.4 Å². The number of hydrogen-bond donors (Lipinski definition) is 2. The van der Waals surface area contributed by atoms with Gasteiger partial charge in [0.25, 0.3) is 0 Å². The van der Waals surface area contributed by atoms with E-state index in [1.165, 1.54) is 0 Å². The summed E-state index contributed by atoms with van der Waals surface area (Å²) in [5.74, 6) is -0.545. The SMILES string of the molecule is COCCn1ccc(NC(=O)C(=O)NC[C@H]2CC=CCC2)n1. The van der Waals surface area contributed by atoms with Gasteiger partial charge in [-0.05, 0) is 25.2 Å². The van der Waals surface area contributed by atoms with Crippen LogP contribution in [-0.2, 0) is 20.9 Å². The predicted octanol–water partition coefficient (Wildman–Crippen LogP) is 0.940. The van der Waals surface area contributed by atoms with Gasteiger partial charge in [-0.1, -0.05) is 12.2 Å². The van der Waals surface area contributed by atoms with Gasteiger partial charge in [0, 0.05) is 25.9 Å². The summed E-state index contributed by atoms with van der Waals surface area (Å²) in [5, 5.41) is 9.30. The molecule has 2 N–H and O–H groups in total. The highest BCUT2D eigenvalue weighted by Crippen LogP contribution is 2.16. The lowest BCUT2D eigenvalue weighted by molar-refractivity contribution is -0.136. The number of allylic oxidation sites excluding steroid dienone is 2. The summed E-state index contributed by atoms with van der Waals surface area (Å²) in [6, 6.07) is 1.65. The number of aromatic nitrogens is 2. The van der Waals surface area contributed by atoms with Gasteiger partial charge in [0.15, 0.2) is 5.82 Å². The number of carbonyl (C=O) groups is 2. The number of rotatable bonds is 6. The van der Waals surface area contributed by atoms with E-state index in [1.807, 2.05) is 0 Å². The van der Waals surface area contributed by atoms with Crippen molar-refractivity contribution < 1.29 is 14.3 Å². The average Bonchev–Trinajstić information content (AvgIpc) is 2.99. The van der Waals surface area contributed by atoms with Gasteiger partial charge >= 0.3 is 11.8 Å². The standard InChI is InChI=1S/C15H22N4O3/c1-22-10-9-19-8-7-13(18-19)17-15(21)14(20)16-11-12-5-3-2-4-6-12/h2-3,7-8,12H,4-6,9-11H2,1H3,(H,16,20)(H,17,18,21)/t12-/m0/s1. The third kappa shape index (κ3) is 5.00. The highest BCUT2D eigenvalue weighted by atomic mass is 16.5. The minimum Gasteiger partial charge on any atom is -0.383 e. The Morgan fingerprint density at radius 2 is 2.27 bits per heavy atom. The van der Waals surface area contributed by atoms with Crippen LogP contribution in [-0.4, -0.2) is 41.9 Å². The van der Waals surface area contributed by atoms with Crippen molar-refractivity contribution in [1.82, 2.24) is 15.1 Å². The van der Waals surface area contributed by atoms with Crippen LogP contribution in [0.1, 0.15) is 19.3 Å². The van der Waals surface area contributed by atoms with Crippen LogP contribution >= 0.6 is 0 Å². The largest absolute Gasteiger partial charge is 0.383 e. The summed E-state index contributed by atoms with van der Waals surface area (Å²) in [6.45, 7) is 1.65. The summed E-state index contributed by atoms with van der Waals surface area (Å²) in [7, 11) is 1.61. The zero-order valence-electron chi connectivity index (χ0n) is 12.7. The van der Waals surface area contributed by atoms with Crippen molar-refractivity contribution >= 4 is 17.6 Å². The fraction of sp³-hybridized carbons (Fsp3) is 0.533. The number of nitrogens with one attached hydrogen (secondary N) is 2. The first kappa shape index (κ1) is 16.2. The van der Waals surface area contributed by atoms with Crippen molar-refractivity contribution in [1.29, 1.82) is 0 Å². The Hall–Kier alpha value is -2.15. The van der Waals surface area contributed by atoms with E-state index in [0.717, 1.165) is 19.3 Å². The van der Waals surface area contributed by atoms with Crippen LogP contribution in [0, 0.1) is 5.92 Å². The van der Waals surface area contributed by atoms with E-state index >= 15 is 0 Å². The molecule has 0 radical (unpaired) electrons. The predicted molar refractivity (Wildman–Crippen MR) is 82.2 cm³/mol. The minimum absolute atomic E-state index is 0.358. The molecule has 2 amide bonds. The van der Waals surface area contributed by atoms with Crippen LogP contribution in [0.15, 0.2) is 24.4 Å². The number of anilines is 1. The van der Waals surface area contributed by atoms with Gasteiger partial charge in [-0.25, -0.2) is 0 Å². The Balaban J connectivity index is 1.74. The Morgan fingerprint density at radius 3 is 3.00 bits per heavy atom. The van der Waals surface area contributed by atoms with E-state index < -0.39 is 11.8 Å². The minimum atomic E-state index is -0.691. The molecule has 7 nitrogen and oxygen atoms in total. The highest BCUT2D eigenvalue weighted by Gasteiger charge is 2.17. The maximum atomic E-state index is 11.8. The molecule has 1 aromatic rings. The zero-order chi connectivity index (χ0) is 15.8. The molecule has 2 rings (SSSR count). The summed E-state index contributed by atoms with van der Waals surface area (Å²) < 4.78 is 6.59. The van der Waals surface area contributed by atoms with Gasteiger partial charge in [0.2, 0.25) is 0 Å². The Labute approximate surface area is 129 Å². The third-order valence-electron chi connectivity index (χ3n) is 3.54. The number of amides is 2. The highest BCUT2D eigenvalue weighted by molar-refractivity contribution is 6.39. The second-order valence-electron chi connectivity index (χ2n) is 5.27. The van der Waals surface area contributed by atoms with Gasteiger partial charge < -0.3 is 15.4 Å². The van der Waals surface area contributed by atoms with Gasteiger partial charge in [-0.2, -0.15) is 5.10 Å². The van der Waals surface area contributed by atoms with Crippen molar-refractivity contribution in [2.75, 3.05) is 25.6 Å². The summed E-state index contributed by atoms with van der Waals surface area (Å²) in [4.78, 5) is 23.6. The van der Waals surface area contributed by atoms with Crippen molar-refractivity contribution in [3.05, 3.63) is 24.4 Å². The van der Waals surface area contributed by atoms with Crippen molar-refractivity contribution in [3.63, 3.8) is 0 Å². The van der Waals surface area contributed by atoms with Gasteiger partial charge in [0.05, 0.1) is 13.2 Å². The molecule has 0 fully saturated rings. The number of hydrogen-bond acceptors (Lipinski definition) is 4. The normalized spacial score (nSPS) is 17.2. The molecule has 1 heterocycles. The molecule has 22 heavy (non-hydrogen) atoms. The first-order valence-electron chi connectivity index (χ1n) is 7.45. The number of methoxy groups -OCH3 is 1. The Morgan fingerprint density at radius 1 is 1.41 bits per heavy atom. The van der Waals surface area contributed by atoms with Crippen molar-refractivity contribution in [3.8, 4) is 0 Å². The molecule has 0 spiro atoms. The van der Waals surface area contributed by atoms with Crippen LogP contribution in [0.5, 0.6) is 0 Å². The lowest BCUT2D eigenvalue weighted by Gasteiger charge is -2.17. The fourth-order valence-electron chi connectivity index (χ4n) is 2.27. The molecule has 7 heteroatoms. The molecule has 0 saturated heterocycles. The lowest BCUT2D eigenvalue weighted by Crippen LogP contribution is -2.38. The van der Waals surface area contributed by atoms with Crippen molar-refractivity contribution in [2.24, 2.45) is 5.92 Å². The second-order valence-corrected chi connectivity index (χ2v) is 5.27. The van der Waals surface area contributed by atoms with E-state index in [2.05, 4.69) is 27.9 Å². The van der Waals surface area contributed by atoms with E-state index in [1.54, 1.807) is 24.1 Å². The molecular weight excluding hydrogens is 284 g/mol. The molecule has 0 aliphatic heterocycles. The van der Waals surface area contributed by atoms with Gasteiger partial charge in [-0.15, -0.1) is 0 Å². The summed E-state index contributed by atoms with van der Waals surface area (Å²) >= 11 is 0. The van der Waals surface area contributed by atoms with E-state index in [9.17, 15) is 9.59 Å². The number of carbonyl (C=O) groups excluding carboxylic acids is 2. The maximum absolute atomic E-state index is 11.8. The Kier molecular flexibility index (Phi) is 6.14. The molecule has 1 aromatic heterocycles. The van der Waals surface area contributed by atoms with E-state index in [4.69, 9.17) is 4.74 Å². The van der Waals surface area contributed by atoms with Crippen LogP contribution in [0.25, 0.3) is 0 Å². The van der Waals surface area contributed by atoms with Crippen LogP contribution in [0.2, 0.25) is 0 Å². The van der Waals surface area contributed by atoms with Crippen LogP contribution < -0.4 is 10.6 Å². The molecule has 0 aromatic carbocycles. The summed E-state index contributed by atoms with van der Waals surface area (Å²) in [6.07, 6.45) is 9.01. The third-order valence-corrected chi connectivity index (χ3v) is 3.54. The monoisotopic (exact) mass is 306 g/mol. The summed E-state index contributed by atoms with van der Waals surface area (Å²) in [5.41, 5.74) is 0.